The van der Waals surface area contributed by atoms with Gasteiger partial charge in [-0.2, -0.15) is 0 Å². The maximum absolute atomic E-state index is 12.5. The Labute approximate surface area is 173 Å². The molecular formula is C23H32N3O3+. The number of ether oxygens (including phenoxy) is 1. The van der Waals surface area contributed by atoms with Gasteiger partial charge in [-0.15, -0.1) is 0 Å². The zero-order chi connectivity index (χ0) is 21.4. The molecule has 0 unspecified atom stereocenters. The van der Waals surface area contributed by atoms with Gasteiger partial charge in [-0.05, 0) is 56.2 Å². The highest BCUT2D eigenvalue weighted by molar-refractivity contribution is 5.96. The van der Waals surface area contributed by atoms with E-state index in [4.69, 9.17) is 4.74 Å². The van der Waals surface area contributed by atoms with E-state index in [1.165, 1.54) is 0 Å². The summed E-state index contributed by atoms with van der Waals surface area (Å²) in [6.45, 7) is 7.79. The standard InChI is InChI=1S/C23H31N3O3/c1-6-20(18-10-12-19(29-5)13-11-18)25-17(4)23(28)24-14-21(27)26-22-15(2)8-7-9-16(22)3/h7-13,17,20,25H,6,14H2,1-5H3,(H,24,28)(H,26,27)/p+1/t17-,20+/m0/s1. The number of anilines is 1. The summed E-state index contributed by atoms with van der Waals surface area (Å²) in [6.07, 6.45) is 0.886. The van der Waals surface area contributed by atoms with Gasteiger partial charge in [0.05, 0.1) is 13.7 Å². The molecule has 156 valence electrons. The molecule has 2 aromatic rings. The first-order valence-corrected chi connectivity index (χ1v) is 9.98. The molecule has 4 N–H and O–H groups in total. The van der Waals surface area contributed by atoms with E-state index in [9.17, 15) is 9.59 Å². The number of nitrogens with two attached hydrogens (primary N) is 1. The van der Waals surface area contributed by atoms with E-state index in [1.807, 2.05) is 68.6 Å². The summed E-state index contributed by atoms with van der Waals surface area (Å²) in [5, 5.41) is 7.65. The normalized spacial score (nSPS) is 12.7. The quantitative estimate of drug-likeness (QED) is 0.607. The van der Waals surface area contributed by atoms with Gasteiger partial charge >= 0.3 is 0 Å². The highest BCUT2D eigenvalue weighted by atomic mass is 16.5. The molecule has 6 nitrogen and oxygen atoms in total. The number of carbonyl (C=O) groups is 2. The minimum atomic E-state index is -0.310. The number of benzene rings is 2. The summed E-state index contributed by atoms with van der Waals surface area (Å²) in [7, 11) is 1.64. The molecule has 2 amide bonds. The van der Waals surface area contributed by atoms with Crippen molar-refractivity contribution in [1.82, 2.24) is 5.32 Å². The first-order chi connectivity index (χ1) is 13.8. The number of amides is 2. The number of quaternary nitrogens is 1. The van der Waals surface area contributed by atoms with E-state index in [2.05, 4.69) is 17.6 Å². The van der Waals surface area contributed by atoms with Crippen LogP contribution in [-0.2, 0) is 9.59 Å². The number of rotatable bonds is 9. The fourth-order valence-electron chi connectivity index (χ4n) is 3.29. The van der Waals surface area contributed by atoms with E-state index in [0.717, 1.165) is 34.5 Å². The third-order valence-electron chi connectivity index (χ3n) is 5.09. The van der Waals surface area contributed by atoms with Gasteiger partial charge in [-0.3, -0.25) is 9.59 Å². The molecule has 0 saturated heterocycles. The van der Waals surface area contributed by atoms with Crippen molar-refractivity contribution in [3.05, 3.63) is 59.2 Å². The van der Waals surface area contributed by atoms with Crippen molar-refractivity contribution in [2.45, 2.75) is 46.2 Å². The van der Waals surface area contributed by atoms with Crippen LogP contribution >= 0.6 is 0 Å². The van der Waals surface area contributed by atoms with Crippen LogP contribution in [0, 0.1) is 13.8 Å². The smallest absolute Gasteiger partial charge is 0.278 e. The average molecular weight is 399 g/mol. The monoisotopic (exact) mass is 398 g/mol. The highest BCUT2D eigenvalue weighted by Crippen LogP contribution is 2.19. The van der Waals surface area contributed by atoms with Crippen molar-refractivity contribution < 1.29 is 19.6 Å². The molecule has 0 aromatic heterocycles. The Morgan fingerprint density at radius 3 is 2.24 bits per heavy atom. The molecule has 0 spiro atoms. The average Bonchev–Trinajstić information content (AvgIpc) is 2.72. The molecule has 6 heteroatoms. The van der Waals surface area contributed by atoms with E-state index in [0.29, 0.717) is 0 Å². The molecule has 0 heterocycles. The van der Waals surface area contributed by atoms with Gasteiger partial charge in [0.15, 0.2) is 6.04 Å². The number of para-hydroxylation sites is 1. The molecule has 0 aliphatic carbocycles. The summed E-state index contributed by atoms with van der Waals surface area (Å²) in [6, 6.07) is 13.6. The number of methoxy groups -OCH3 is 1. The van der Waals surface area contributed by atoms with Gasteiger partial charge in [-0.1, -0.05) is 25.1 Å². The predicted molar refractivity (Wildman–Crippen MR) is 115 cm³/mol. The molecule has 0 saturated carbocycles. The molecule has 2 rings (SSSR count). The van der Waals surface area contributed by atoms with Crippen LogP contribution in [0.15, 0.2) is 42.5 Å². The number of hydrogen-bond donors (Lipinski definition) is 3. The first kappa shape index (κ1) is 22.4. The van der Waals surface area contributed by atoms with Crippen LogP contribution in [0.1, 0.15) is 43.0 Å². The van der Waals surface area contributed by atoms with E-state index in [-0.39, 0.29) is 30.4 Å². The Balaban J connectivity index is 1.88. The van der Waals surface area contributed by atoms with E-state index >= 15 is 0 Å². The van der Waals surface area contributed by atoms with Crippen LogP contribution in [0.2, 0.25) is 0 Å². The largest absolute Gasteiger partial charge is 0.497 e. The lowest BCUT2D eigenvalue weighted by Gasteiger charge is -2.19. The Bertz CT molecular complexity index is 814. The van der Waals surface area contributed by atoms with Gasteiger partial charge in [0.2, 0.25) is 5.91 Å². The number of carbonyl (C=O) groups excluding carboxylic acids is 2. The Kier molecular flexibility index (Phi) is 8.21. The van der Waals surface area contributed by atoms with Crippen LogP contribution < -0.4 is 20.7 Å². The van der Waals surface area contributed by atoms with Crippen molar-refractivity contribution >= 4 is 17.5 Å². The lowest BCUT2D eigenvalue weighted by molar-refractivity contribution is -0.713. The Morgan fingerprint density at radius 1 is 1.07 bits per heavy atom. The summed E-state index contributed by atoms with van der Waals surface area (Å²) in [5.74, 6) is 0.419. The molecule has 0 aliphatic heterocycles. The molecule has 29 heavy (non-hydrogen) atoms. The Morgan fingerprint density at radius 2 is 1.69 bits per heavy atom. The minimum Gasteiger partial charge on any atom is -0.497 e. The van der Waals surface area contributed by atoms with Crippen molar-refractivity contribution in [2.24, 2.45) is 0 Å². The molecule has 0 fully saturated rings. The third kappa shape index (κ3) is 6.32. The molecule has 0 aliphatic rings. The van der Waals surface area contributed by atoms with Gasteiger partial charge in [0, 0.05) is 17.7 Å². The van der Waals surface area contributed by atoms with Gasteiger partial charge in [0.25, 0.3) is 5.91 Å². The van der Waals surface area contributed by atoms with Crippen LogP contribution in [0.5, 0.6) is 5.75 Å². The van der Waals surface area contributed by atoms with Gasteiger partial charge < -0.3 is 20.7 Å². The fourth-order valence-corrected chi connectivity index (χ4v) is 3.29. The number of nitrogens with one attached hydrogen (secondary N) is 2. The van der Waals surface area contributed by atoms with Crippen LogP contribution in [0.3, 0.4) is 0 Å². The number of aryl methyl sites for hydroxylation is 2. The third-order valence-corrected chi connectivity index (χ3v) is 5.09. The van der Waals surface area contributed by atoms with Gasteiger partial charge in [-0.25, -0.2) is 0 Å². The lowest BCUT2D eigenvalue weighted by Crippen LogP contribution is -2.92. The second-order valence-electron chi connectivity index (χ2n) is 7.30. The summed E-state index contributed by atoms with van der Waals surface area (Å²) >= 11 is 0. The van der Waals surface area contributed by atoms with Crippen molar-refractivity contribution in [3.8, 4) is 5.75 Å². The predicted octanol–water partition coefficient (Wildman–Crippen LogP) is 2.47. The van der Waals surface area contributed by atoms with Crippen molar-refractivity contribution in [3.63, 3.8) is 0 Å². The maximum atomic E-state index is 12.5. The topological polar surface area (TPSA) is 84.0 Å². The maximum Gasteiger partial charge on any atom is 0.278 e. The van der Waals surface area contributed by atoms with E-state index < -0.39 is 0 Å². The summed E-state index contributed by atoms with van der Waals surface area (Å²) in [4.78, 5) is 24.7. The lowest BCUT2D eigenvalue weighted by atomic mass is 10.0. The van der Waals surface area contributed by atoms with E-state index in [1.54, 1.807) is 7.11 Å². The van der Waals surface area contributed by atoms with Crippen molar-refractivity contribution in [2.75, 3.05) is 19.0 Å². The zero-order valence-corrected chi connectivity index (χ0v) is 17.9. The second kappa shape index (κ2) is 10.6. The first-order valence-electron chi connectivity index (χ1n) is 9.98. The molecule has 2 aromatic carbocycles. The number of hydrogen-bond acceptors (Lipinski definition) is 3. The molecule has 0 bridgehead atoms. The van der Waals surface area contributed by atoms with Crippen LogP contribution in [-0.4, -0.2) is 31.5 Å². The highest BCUT2D eigenvalue weighted by Gasteiger charge is 2.22. The summed E-state index contributed by atoms with van der Waals surface area (Å²) < 4.78 is 5.20. The summed E-state index contributed by atoms with van der Waals surface area (Å²) in [5.41, 5.74) is 3.94. The SMILES string of the molecule is CC[C@@H]([NH2+][C@@H](C)C(=O)NCC(=O)Nc1c(C)cccc1C)c1ccc(OC)cc1. The van der Waals surface area contributed by atoms with Crippen LogP contribution in [0.4, 0.5) is 5.69 Å². The second-order valence-corrected chi connectivity index (χ2v) is 7.30. The fraction of sp³-hybridized carbons (Fsp3) is 0.391. The minimum absolute atomic E-state index is 0.0515. The van der Waals surface area contributed by atoms with Crippen LogP contribution in [0.25, 0.3) is 0 Å². The Hall–Kier alpha value is -2.86. The molecule has 0 radical (unpaired) electrons. The zero-order valence-electron chi connectivity index (χ0n) is 17.9. The molecule has 2 atom stereocenters. The van der Waals surface area contributed by atoms with Crippen molar-refractivity contribution in [1.29, 1.82) is 0 Å². The molecular weight excluding hydrogens is 366 g/mol. The van der Waals surface area contributed by atoms with Gasteiger partial charge in [0.1, 0.15) is 11.8 Å².